The van der Waals surface area contributed by atoms with Crippen molar-refractivity contribution in [2.45, 2.75) is 9.79 Å². The Kier molecular flexibility index (Phi) is 6.93. The summed E-state index contributed by atoms with van der Waals surface area (Å²) in [5.74, 6) is -0.0379. The van der Waals surface area contributed by atoms with Crippen molar-refractivity contribution in [3.8, 4) is 34.5 Å². The number of hydrogen-bond donors (Lipinski definition) is 1. The fourth-order valence-corrected chi connectivity index (χ4v) is 5.63. The number of benzene rings is 3. The van der Waals surface area contributed by atoms with Gasteiger partial charge in [0, 0.05) is 33.9 Å². The zero-order valence-electron chi connectivity index (χ0n) is 20.5. The van der Waals surface area contributed by atoms with Crippen molar-refractivity contribution in [1.82, 2.24) is 14.5 Å². The summed E-state index contributed by atoms with van der Waals surface area (Å²) in [6, 6.07) is 26.7. The average molecular weight is 612 g/mol. The number of fused-ring (bicyclic) bond motifs is 1. The van der Waals surface area contributed by atoms with Gasteiger partial charge in [-0.25, -0.2) is 14.8 Å². The SMILES string of the molecule is O=c1oc2cc(-c3ccccc3)n(-c3cccc(Oc4ncccn4)c3)c(=O)c2c(O)c1Sc1cccc(Br)c1. The van der Waals surface area contributed by atoms with Crippen molar-refractivity contribution in [2.24, 2.45) is 0 Å². The first kappa shape index (κ1) is 25.6. The molecule has 0 aliphatic rings. The third-order valence-electron chi connectivity index (χ3n) is 5.92. The Balaban J connectivity index is 1.57. The number of aromatic hydroxyl groups is 1. The maximum absolute atomic E-state index is 14.1. The number of halogens is 1. The smallest absolute Gasteiger partial charge is 0.354 e. The van der Waals surface area contributed by atoms with Crippen molar-refractivity contribution in [3.05, 3.63) is 129 Å². The summed E-state index contributed by atoms with van der Waals surface area (Å²) >= 11 is 4.42. The molecule has 10 heteroatoms. The van der Waals surface area contributed by atoms with Crippen molar-refractivity contribution >= 4 is 38.7 Å². The summed E-state index contributed by atoms with van der Waals surface area (Å²) in [6.45, 7) is 0. The molecule has 0 atom stereocenters. The van der Waals surface area contributed by atoms with E-state index in [1.54, 1.807) is 67.0 Å². The van der Waals surface area contributed by atoms with Gasteiger partial charge in [0.15, 0.2) is 5.75 Å². The standard InChI is InChI=1S/C30H18BrN3O5S/c31-19-9-4-12-22(15-19)40-27-26(35)25-24(39-29(27)37)17-23(18-7-2-1-3-8-18)34(28(25)36)20-10-5-11-21(16-20)38-30-32-13-6-14-33-30/h1-17,35H. The number of hydrogen-bond acceptors (Lipinski definition) is 8. The van der Waals surface area contributed by atoms with E-state index in [2.05, 4.69) is 25.9 Å². The van der Waals surface area contributed by atoms with E-state index >= 15 is 0 Å². The second-order valence-corrected chi connectivity index (χ2v) is 10.5. The Morgan fingerprint density at radius 1 is 0.875 bits per heavy atom. The fraction of sp³-hybridized carbons (Fsp3) is 0. The van der Waals surface area contributed by atoms with Crippen LogP contribution in [-0.4, -0.2) is 19.6 Å². The van der Waals surface area contributed by atoms with E-state index in [1.807, 2.05) is 36.4 Å². The molecule has 0 aliphatic carbocycles. The van der Waals surface area contributed by atoms with Gasteiger partial charge in [-0.15, -0.1) is 0 Å². The van der Waals surface area contributed by atoms with Crippen LogP contribution in [0.5, 0.6) is 17.5 Å². The van der Waals surface area contributed by atoms with E-state index in [0.717, 1.165) is 16.2 Å². The van der Waals surface area contributed by atoms with Gasteiger partial charge in [-0.3, -0.25) is 9.36 Å². The van der Waals surface area contributed by atoms with Crippen LogP contribution in [0, 0.1) is 0 Å². The largest absolute Gasteiger partial charge is 0.505 e. The monoisotopic (exact) mass is 611 g/mol. The van der Waals surface area contributed by atoms with Gasteiger partial charge in [0.1, 0.15) is 21.6 Å². The van der Waals surface area contributed by atoms with Crippen LogP contribution < -0.4 is 15.9 Å². The molecule has 3 aromatic carbocycles. The van der Waals surface area contributed by atoms with E-state index in [9.17, 15) is 14.7 Å². The lowest BCUT2D eigenvalue weighted by Crippen LogP contribution is -2.21. The highest BCUT2D eigenvalue weighted by atomic mass is 79.9. The van der Waals surface area contributed by atoms with E-state index in [4.69, 9.17) is 9.15 Å². The Morgan fingerprint density at radius 3 is 2.42 bits per heavy atom. The summed E-state index contributed by atoms with van der Waals surface area (Å²) in [5, 5.41) is 11.2. The molecule has 6 aromatic rings. The second kappa shape index (κ2) is 10.8. The topological polar surface area (TPSA) is 107 Å². The van der Waals surface area contributed by atoms with Gasteiger partial charge in [-0.2, -0.15) is 0 Å². The molecular weight excluding hydrogens is 594 g/mol. The lowest BCUT2D eigenvalue weighted by atomic mass is 10.1. The molecule has 0 unspecified atom stereocenters. The Morgan fingerprint density at radius 2 is 1.65 bits per heavy atom. The zero-order valence-corrected chi connectivity index (χ0v) is 22.9. The van der Waals surface area contributed by atoms with Gasteiger partial charge in [-0.05, 0) is 42.0 Å². The molecule has 0 aliphatic heterocycles. The van der Waals surface area contributed by atoms with Crippen LogP contribution in [0.1, 0.15) is 0 Å². The Bertz CT molecular complexity index is 1980. The minimum Gasteiger partial charge on any atom is -0.505 e. The molecule has 40 heavy (non-hydrogen) atoms. The molecule has 0 spiro atoms. The number of rotatable bonds is 6. The van der Waals surface area contributed by atoms with Crippen LogP contribution in [0.3, 0.4) is 0 Å². The lowest BCUT2D eigenvalue weighted by Gasteiger charge is -2.16. The normalized spacial score (nSPS) is 11.0. The third-order valence-corrected chi connectivity index (χ3v) is 7.47. The van der Waals surface area contributed by atoms with Crippen LogP contribution in [0.25, 0.3) is 27.9 Å². The van der Waals surface area contributed by atoms with Gasteiger partial charge in [-0.1, -0.05) is 70.2 Å². The summed E-state index contributed by atoms with van der Waals surface area (Å²) < 4.78 is 13.7. The number of ether oxygens (including phenoxy) is 1. The quantitative estimate of drug-likeness (QED) is 0.219. The van der Waals surface area contributed by atoms with Crippen molar-refractivity contribution in [3.63, 3.8) is 0 Å². The van der Waals surface area contributed by atoms with Gasteiger partial charge in [0.25, 0.3) is 5.56 Å². The highest BCUT2D eigenvalue weighted by Crippen LogP contribution is 2.37. The van der Waals surface area contributed by atoms with E-state index in [-0.39, 0.29) is 21.9 Å². The summed E-state index contributed by atoms with van der Waals surface area (Å²) in [7, 11) is 0. The lowest BCUT2D eigenvalue weighted by molar-refractivity contribution is 0.441. The molecule has 0 radical (unpaired) electrons. The maximum Gasteiger partial charge on any atom is 0.354 e. The summed E-state index contributed by atoms with van der Waals surface area (Å²) in [6.07, 6.45) is 3.13. The van der Waals surface area contributed by atoms with E-state index in [0.29, 0.717) is 27.6 Å². The van der Waals surface area contributed by atoms with E-state index < -0.39 is 16.9 Å². The fourth-order valence-electron chi connectivity index (χ4n) is 4.19. The highest BCUT2D eigenvalue weighted by Gasteiger charge is 2.22. The molecule has 8 nitrogen and oxygen atoms in total. The van der Waals surface area contributed by atoms with Crippen molar-refractivity contribution in [2.75, 3.05) is 0 Å². The van der Waals surface area contributed by atoms with Crippen LogP contribution in [0.4, 0.5) is 0 Å². The predicted octanol–water partition coefficient (Wildman–Crippen LogP) is 6.81. The van der Waals surface area contributed by atoms with Gasteiger partial charge in [0.2, 0.25) is 0 Å². The molecule has 0 bridgehead atoms. The van der Waals surface area contributed by atoms with Gasteiger partial charge < -0.3 is 14.3 Å². The van der Waals surface area contributed by atoms with E-state index in [1.165, 1.54) is 4.57 Å². The second-order valence-electron chi connectivity index (χ2n) is 8.53. The third kappa shape index (κ3) is 5.02. The summed E-state index contributed by atoms with van der Waals surface area (Å²) in [4.78, 5) is 35.9. The van der Waals surface area contributed by atoms with Crippen molar-refractivity contribution < 1.29 is 14.3 Å². The average Bonchev–Trinajstić information content (AvgIpc) is 2.96. The first-order chi connectivity index (χ1) is 19.5. The molecule has 0 amide bonds. The molecule has 3 heterocycles. The van der Waals surface area contributed by atoms with Crippen LogP contribution in [0.2, 0.25) is 0 Å². The van der Waals surface area contributed by atoms with Gasteiger partial charge >= 0.3 is 11.6 Å². The van der Waals surface area contributed by atoms with Crippen LogP contribution in [-0.2, 0) is 0 Å². The predicted molar refractivity (Wildman–Crippen MR) is 156 cm³/mol. The molecule has 1 N–H and O–H groups in total. The molecule has 6 rings (SSSR count). The number of aromatic nitrogens is 3. The minimum absolute atomic E-state index is 0.0220. The molecular formula is C30H18BrN3O5S. The number of nitrogens with zero attached hydrogens (tertiary/aromatic N) is 3. The Hall–Kier alpha value is -4.67. The maximum atomic E-state index is 14.1. The molecule has 0 fully saturated rings. The molecule has 3 aromatic heterocycles. The number of pyridine rings is 1. The summed E-state index contributed by atoms with van der Waals surface area (Å²) in [5.41, 5.74) is 0.290. The zero-order chi connectivity index (χ0) is 27.6. The van der Waals surface area contributed by atoms with Gasteiger partial charge in [0.05, 0.1) is 11.4 Å². The van der Waals surface area contributed by atoms with Crippen LogP contribution >= 0.6 is 27.7 Å². The highest BCUT2D eigenvalue weighted by molar-refractivity contribution is 9.10. The molecule has 196 valence electrons. The van der Waals surface area contributed by atoms with Crippen LogP contribution in [0.15, 0.2) is 132 Å². The van der Waals surface area contributed by atoms with Crippen molar-refractivity contribution in [1.29, 1.82) is 0 Å². The Labute approximate surface area is 239 Å². The molecule has 0 saturated carbocycles. The first-order valence-electron chi connectivity index (χ1n) is 12.0. The minimum atomic E-state index is -0.746. The first-order valence-corrected chi connectivity index (χ1v) is 13.6. The molecule has 0 saturated heterocycles.